The molecule has 0 saturated heterocycles. The summed E-state index contributed by atoms with van der Waals surface area (Å²) in [6, 6.07) is 17.6. The highest BCUT2D eigenvalue weighted by Gasteiger charge is 2.43. The van der Waals surface area contributed by atoms with Crippen molar-refractivity contribution in [1.29, 1.82) is 10.5 Å². The second kappa shape index (κ2) is 6.31. The lowest BCUT2D eigenvalue weighted by Gasteiger charge is -2.25. The van der Waals surface area contributed by atoms with E-state index in [1.165, 1.54) is 16.8 Å². The number of para-hydroxylation sites is 1. The lowest BCUT2D eigenvalue weighted by molar-refractivity contribution is 0.104. The fourth-order valence-electron chi connectivity index (χ4n) is 5.01. The van der Waals surface area contributed by atoms with Crippen molar-refractivity contribution in [1.82, 2.24) is 0 Å². The predicted octanol–water partition coefficient (Wildman–Crippen LogP) is 4.85. The van der Waals surface area contributed by atoms with Crippen molar-refractivity contribution in [3.8, 4) is 12.1 Å². The van der Waals surface area contributed by atoms with Gasteiger partial charge in [-0.2, -0.15) is 10.5 Å². The first-order chi connectivity index (χ1) is 14.5. The fourth-order valence-corrected chi connectivity index (χ4v) is 5.01. The Bertz CT molecular complexity index is 1290. The molecule has 2 heterocycles. The molecule has 0 radical (unpaired) electrons. The largest absolute Gasteiger partial charge is 0.343 e. The van der Waals surface area contributed by atoms with E-state index in [4.69, 9.17) is 0 Å². The average molecular weight is 389 g/mol. The highest BCUT2D eigenvalue weighted by molar-refractivity contribution is 6.27. The molecule has 4 nitrogen and oxygen atoms in total. The molecule has 144 valence electrons. The van der Waals surface area contributed by atoms with Crippen LogP contribution in [0.4, 0.5) is 5.69 Å². The third-order valence-electron chi connectivity index (χ3n) is 6.44. The van der Waals surface area contributed by atoms with Crippen LogP contribution < -0.4 is 4.90 Å². The van der Waals surface area contributed by atoms with Crippen molar-refractivity contribution in [2.24, 2.45) is 0 Å². The van der Waals surface area contributed by atoms with Gasteiger partial charge in [-0.1, -0.05) is 56.3 Å². The molecule has 0 fully saturated rings. The number of carbonyl (C=O) groups is 1. The van der Waals surface area contributed by atoms with E-state index in [2.05, 4.69) is 36.9 Å². The highest BCUT2D eigenvalue weighted by Crippen LogP contribution is 2.52. The number of hydrogen-bond donors (Lipinski definition) is 0. The first-order valence-corrected chi connectivity index (χ1v) is 10.0. The van der Waals surface area contributed by atoms with Crippen molar-refractivity contribution in [2.75, 3.05) is 11.4 Å². The van der Waals surface area contributed by atoms with Crippen LogP contribution in [0.25, 0.3) is 5.57 Å². The summed E-state index contributed by atoms with van der Waals surface area (Å²) in [6.07, 6.45) is 4.81. The minimum Gasteiger partial charge on any atom is -0.343 e. The number of Topliss-reactive ketones (excluding diaryl/α,β-unsaturated/α-hetero) is 1. The summed E-state index contributed by atoms with van der Waals surface area (Å²) in [4.78, 5) is 15.5. The quantitative estimate of drug-likeness (QED) is 0.517. The van der Waals surface area contributed by atoms with Gasteiger partial charge in [0.25, 0.3) is 0 Å². The lowest BCUT2D eigenvalue weighted by Crippen LogP contribution is -2.25. The van der Waals surface area contributed by atoms with Crippen LogP contribution in [-0.4, -0.2) is 12.3 Å². The second-order valence-electron chi connectivity index (χ2n) is 8.32. The van der Waals surface area contributed by atoms with Crippen molar-refractivity contribution in [2.45, 2.75) is 25.7 Å². The zero-order chi connectivity index (χ0) is 21.0. The van der Waals surface area contributed by atoms with Crippen LogP contribution in [0.2, 0.25) is 0 Å². The molecule has 5 rings (SSSR count). The Morgan fingerprint density at radius 1 is 1.03 bits per heavy atom. The van der Waals surface area contributed by atoms with E-state index in [0.717, 1.165) is 18.7 Å². The van der Waals surface area contributed by atoms with Gasteiger partial charge in [-0.3, -0.25) is 4.79 Å². The number of carbonyl (C=O) groups excluding carboxylic acids is 1. The summed E-state index contributed by atoms with van der Waals surface area (Å²) in [5.74, 6) is -0.143. The molecule has 0 atom stereocenters. The SMILES string of the molecule is CC1(C)C(=CC=C2C(=O)c3ccccc3C2=C(C#N)C#N)N2CCc3cccc1c32. The number of ketones is 1. The van der Waals surface area contributed by atoms with E-state index < -0.39 is 0 Å². The number of hydrogen-bond acceptors (Lipinski definition) is 4. The number of anilines is 1. The van der Waals surface area contributed by atoms with Crippen molar-refractivity contribution in [3.05, 3.63) is 93.7 Å². The molecular formula is C26H19N3O. The Morgan fingerprint density at radius 3 is 2.50 bits per heavy atom. The zero-order valence-electron chi connectivity index (χ0n) is 16.9. The molecule has 0 N–H and O–H groups in total. The third kappa shape index (κ3) is 2.28. The Balaban J connectivity index is 1.69. The zero-order valence-corrected chi connectivity index (χ0v) is 16.9. The van der Waals surface area contributed by atoms with E-state index in [-0.39, 0.29) is 16.8 Å². The highest BCUT2D eigenvalue weighted by atomic mass is 16.1. The summed E-state index contributed by atoms with van der Waals surface area (Å²) in [6.45, 7) is 5.32. The third-order valence-corrected chi connectivity index (χ3v) is 6.44. The van der Waals surface area contributed by atoms with Gasteiger partial charge >= 0.3 is 0 Å². The van der Waals surface area contributed by atoms with Gasteiger partial charge in [0.1, 0.15) is 17.7 Å². The molecular weight excluding hydrogens is 370 g/mol. The molecule has 0 aromatic heterocycles. The van der Waals surface area contributed by atoms with Gasteiger partial charge in [0.15, 0.2) is 5.78 Å². The number of benzene rings is 2. The van der Waals surface area contributed by atoms with Gasteiger partial charge in [-0.25, -0.2) is 0 Å². The van der Waals surface area contributed by atoms with Crippen LogP contribution in [0.15, 0.2) is 71.5 Å². The molecule has 0 spiro atoms. The Labute approximate surface area is 175 Å². The number of fused-ring (bicyclic) bond motifs is 1. The van der Waals surface area contributed by atoms with E-state index in [1.54, 1.807) is 24.3 Å². The minimum absolute atomic E-state index is 0.0321. The van der Waals surface area contributed by atoms with Crippen LogP contribution in [0.3, 0.4) is 0 Å². The standard InChI is InChI=1S/C26H19N3O/c1-26(2)21-9-5-6-16-12-13-29(24(16)21)22(26)11-10-20-23(17(14-27)15-28)18-7-3-4-8-19(18)25(20)30/h3-11H,12-13H2,1-2H3. The monoisotopic (exact) mass is 389 g/mol. The van der Waals surface area contributed by atoms with Gasteiger partial charge in [-0.05, 0) is 35.3 Å². The molecule has 0 unspecified atom stereocenters. The molecule has 1 aliphatic carbocycles. The van der Waals surface area contributed by atoms with Crippen LogP contribution in [-0.2, 0) is 11.8 Å². The summed E-state index contributed by atoms with van der Waals surface area (Å²) in [5, 5.41) is 19.0. The first-order valence-electron chi connectivity index (χ1n) is 10.0. The van der Waals surface area contributed by atoms with Crippen molar-refractivity contribution in [3.63, 3.8) is 0 Å². The van der Waals surface area contributed by atoms with Gasteiger partial charge in [0.05, 0.1) is 0 Å². The Hall–Kier alpha value is -3.89. The fraction of sp³-hybridized carbons (Fsp3) is 0.192. The molecule has 0 bridgehead atoms. The summed E-state index contributed by atoms with van der Waals surface area (Å²) in [5.41, 5.74) is 6.91. The topological polar surface area (TPSA) is 67.9 Å². The number of rotatable bonds is 1. The maximum absolute atomic E-state index is 13.1. The van der Waals surface area contributed by atoms with E-state index >= 15 is 0 Å². The summed E-state index contributed by atoms with van der Waals surface area (Å²) < 4.78 is 0. The van der Waals surface area contributed by atoms with Gasteiger partial charge in [0.2, 0.25) is 0 Å². The van der Waals surface area contributed by atoms with Gasteiger partial charge in [-0.15, -0.1) is 0 Å². The molecule has 0 amide bonds. The Morgan fingerprint density at radius 2 is 1.77 bits per heavy atom. The van der Waals surface area contributed by atoms with Crippen molar-refractivity contribution >= 4 is 17.0 Å². The van der Waals surface area contributed by atoms with E-state index in [0.29, 0.717) is 22.3 Å². The average Bonchev–Trinajstić information content (AvgIpc) is 3.36. The first kappa shape index (κ1) is 18.2. The lowest BCUT2D eigenvalue weighted by atomic mass is 9.82. The number of nitrogens with zero attached hydrogens (tertiary/aromatic N) is 3. The molecule has 0 saturated carbocycles. The number of nitriles is 2. The second-order valence-corrected chi connectivity index (χ2v) is 8.32. The predicted molar refractivity (Wildman–Crippen MR) is 116 cm³/mol. The Kier molecular flexibility index (Phi) is 3.82. The smallest absolute Gasteiger partial charge is 0.194 e. The summed E-state index contributed by atoms with van der Waals surface area (Å²) in [7, 11) is 0. The van der Waals surface area contributed by atoms with Crippen LogP contribution in [0, 0.1) is 22.7 Å². The molecule has 30 heavy (non-hydrogen) atoms. The molecule has 2 aromatic carbocycles. The maximum atomic E-state index is 13.1. The van der Waals surface area contributed by atoms with E-state index in [9.17, 15) is 15.3 Å². The molecule has 2 aliphatic heterocycles. The number of allylic oxidation sites excluding steroid dienone is 6. The van der Waals surface area contributed by atoms with Gasteiger partial charge < -0.3 is 4.90 Å². The van der Waals surface area contributed by atoms with Crippen molar-refractivity contribution < 1.29 is 4.79 Å². The van der Waals surface area contributed by atoms with Crippen LogP contribution >= 0.6 is 0 Å². The molecule has 4 heteroatoms. The minimum atomic E-state index is -0.186. The normalized spacial score (nSPS) is 20.3. The summed E-state index contributed by atoms with van der Waals surface area (Å²) >= 11 is 0. The molecule has 2 aromatic rings. The molecule has 3 aliphatic rings. The van der Waals surface area contributed by atoms with E-state index in [1.807, 2.05) is 24.3 Å². The van der Waals surface area contributed by atoms with Gasteiger partial charge in [0, 0.05) is 40.1 Å². The van der Waals surface area contributed by atoms with Crippen LogP contribution in [0.5, 0.6) is 0 Å². The maximum Gasteiger partial charge on any atom is 0.194 e. The van der Waals surface area contributed by atoms with Crippen LogP contribution in [0.1, 0.15) is 40.9 Å².